The number of aromatic amines is 1. The number of carbonyl (C=O) groups excluding carboxylic acids is 1. The molecular formula is C17H17N3O3. The van der Waals surface area contributed by atoms with Crippen molar-refractivity contribution < 1.29 is 9.53 Å². The zero-order valence-electron chi connectivity index (χ0n) is 12.9. The van der Waals surface area contributed by atoms with Crippen LogP contribution in [0.1, 0.15) is 31.0 Å². The molecule has 0 saturated heterocycles. The van der Waals surface area contributed by atoms with Gasteiger partial charge < -0.3 is 15.0 Å². The van der Waals surface area contributed by atoms with Crippen LogP contribution in [-0.2, 0) is 9.53 Å². The van der Waals surface area contributed by atoms with E-state index in [-0.39, 0.29) is 12.2 Å². The van der Waals surface area contributed by atoms with Gasteiger partial charge in [0.05, 0.1) is 29.4 Å². The first-order chi connectivity index (χ1) is 11.1. The zero-order chi connectivity index (χ0) is 16.4. The standard InChI is InChI=1S/C17H17N3O3/c1-3-23-17(22)13-10(2)20-12-7-9-19-16(21)15(12)14(13)11-6-4-5-8-18-11/h4-9,14,20H,3H2,1-2H3,(H,19,21). The molecule has 2 aromatic rings. The van der Waals surface area contributed by atoms with Crippen molar-refractivity contribution in [2.24, 2.45) is 0 Å². The number of hydrogen-bond donors (Lipinski definition) is 2. The van der Waals surface area contributed by atoms with Crippen LogP contribution in [0.3, 0.4) is 0 Å². The number of aromatic nitrogens is 2. The fourth-order valence-corrected chi connectivity index (χ4v) is 2.84. The summed E-state index contributed by atoms with van der Waals surface area (Å²) in [7, 11) is 0. The second-order valence-electron chi connectivity index (χ2n) is 5.21. The zero-order valence-corrected chi connectivity index (χ0v) is 12.9. The molecule has 0 spiro atoms. The van der Waals surface area contributed by atoms with E-state index >= 15 is 0 Å². The fraction of sp³-hybridized carbons (Fsp3) is 0.235. The molecule has 2 N–H and O–H groups in total. The summed E-state index contributed by atoms with van der Waals surface area (Å²) in [5.74, 6) is -1.00. The summed E-state index contributed by atoms with van der Waals surface area (Å²) >= 11 is 0. The second-order valence-corrected chi connectivity index (χ2v) is 5.21. The van der Waals surface area contributed by atoms with Crippen molar-refractivity contribution in [2.75, 3.05) is 11.9 Å². The van der Waals surface area contributed by atoms with Gasteiger partial charge in [-0.2, -0.15) is 0 Å². The second kappa shape index (κ2) is 6.08. The van der Waals surface area contributed by atoms with Crippen LogP contribution < -0.4 is 10.9 Å². The van der Waals surface area contributed by atoms with E-state index < -0.39 is 11.9 Å². The molecule has 0 aliphatic carbocycles. The summed E-state index contributed by atoms with van der Waals surface area (Å²) in [6.45, 7) is 3.81. The van der Waals surface area contributed by atoms with Crippen molar-refractivity contribution in [2.45, 2.75) is 19.8 Å². The van der Waals surface area contributed by atoms with Crippen LogP contribution >= 0.6 is 0 Å². The Hall–Kier alpha value is -2.89. The molecule has 1 aliphatic rings. The minimum Gasteiger partial charge on any atom is -0.463 e. The van der Waals surface area contributed by atoms with Crippen molar-refractivity contribution in [1.29, 1.82) is 0 Å². The molecular weight excluding hydrogens is 294 g/mol. The highest BCUT2D eigenvalue weighted by molar-refractivity contribution is 5.94. The molecule has 0 aromatic carbocycles. The number of hydrogen-bond acceptors (Lipinski definition) is 5. The number of carbonyl (C=O) groups is 1. The van der Waals surface area contributed by atoms with Gasteiger partial charge in [0, 0.05) is 23.8 Å². The average Bonchev–Trinajstić information content (AvgIpc) is 2.54. The van der Waals surface area contributed by atoms with E-state index in [2.05, 4.69) is 15.3 Å². The smallest absolute Gasteiger partial charge is 0.336 e. The van der Waals surface area contributed by atoms with Gasteiger partial charge in [-0.25, -0.2) is 4.79 Å². The van der Waals surface area contributed by atoms with Crippen molar-refractivity contribution in [3.63, 3.8) is 0 Å². The van der Waals surface area contributed by atoms with Gasteiger partial charge in [-0.1, -0.05) is 6.07 Å². The highest BCUT2D eigenvalue weighted by Gasteiger charge is 2.35. The Labute approximate surface area is 133 Å². The van der Waals surface area contributed by atoms with E-state index in [1.165, 1.54) is 0 Å². The van der Waals surface area contributed by atoms with E-state index in [0.717, 1.165) is 0 Å². The molecule has 1 aliphatic heterocycles. The van der Waals surface area contributed by atoms with Gasteiger partial charge in [0.2, 0.25) is 0 Å². The predicted octanol–water partition coefficient (Wildman–Crippen LogP) is 2.16. The number of esters is 1. The van der Waals surface area contributed by atoms with Gasteiger partial charge in [0.1, 0.15) is 0 Å². The molecule has 0 bridgehead atoms. The first kappa shape index (κ1) is 15.0. The van der Waals surface area contributed by atoms with Gasteiger partial charge in [-0.15, -0.1) is 0 Å². The van der Waals surface area contributed by atoms with Crippen LogP contribution in [0.2, 0.25) is 0 Å². The topological polar surface area (TPSA) is 84.1 Å². The van der Waals surface area contributed by atoms with E-state index in [0.29, 0.717) is 28.2 Å². The number of allylic oxidation sites excluding steroid dienone is 1. The number of nitrogens with zero attached hydrogens (tertiary/aromatic N) is 1. The summed E-state index contributed by atoms with van der Waals surface area (Å²) in [6, 6.07) is 7.21. The number of anilines is 1. The summed E-state index contributed by atoms with van der Waals surface area (Å²) in [6.07, 6.45) is 3.22. The molecule has 0 saturated carbocycles. The number of fused-ring (bicyclic) bond motifs is 1. The minimum absolute atomic E-state index is 0.250. The normalized spacial score (nSPS) is 16.5. The van der Waals surface area contributed by atoms with E-state index in [4.69, 9.17) is 4.74 Å². The highest BCUT2D eigenvalue weighted by atomic mass is 16.5. The number of ether oxygens (including phenoxy) is 1. The number of nitrogens with one attached hydrogen (secondary N) is 2. The maximum Gasteiger partial charge on any atom is 0.336 e. The quantitative estimate of drug-likeness (QED) is 0.849. The van der Waals surface area contributed by atoms with Crippen LogP contribution in [-0.4, -0.2) is 22.5 Å². The summed E-state index contributed by atoms with van der Waals surface area (Å²) in [5, 5.41) is 3.12. The first-order valence-corrected chi connectivity index (χ1v) is 7.41. The van der Waals surface area contributed by atoms with Crippen molar-refractivity contribution >= 4 is 11.7 Å². The lowest BCUT2D eigenvalue weighted by atomic mass is 9.84. The van der Waals surface area contributed by atoms with Gasteiger partial charge in [-0.3, -0.25) is 9.78 Å². The third kappa shape index (κ3) is 2.63. The summed E-state index contributed by atoms with van der Waals surface area (Å²) in [5.41, 5.74) is 2.61. The molecule has 118 valence electrons. The van der Waals surface area contributed by atoms with Crippen LogP contribution in [0.5, 0.6) is 0 Å². The van der Waals surface area contributed by atoms with Gasteiger partial charge in [-0.05, 0) is 32.0 Å². The van der Waals surface area contributed by atoms with Gasteiger partial charge >= 0.3 is 5.97 Å². The largest absolute Gasteiger partial charge is 0.463 e. The van der Waals surface area contributed by atoms with Crippen molar-refractivity contribution in [3.8, 4) is 0 Å². The number of rotatable bonds is 3. The lowest BCUT2D eigenvalue weighted by molar-refractivity contribution is -0.138. The molecule has 0 radical (unpaired) electrons. The Morgan fingerprint density at radius 1 is 1.35 bits per heavy atom. The monoisotopic (exact) mass is 311 g/mol. The Kier molecular flexibility index (Phi) is 3.97. The van der Waals surface area contributed by atoms with E-state index in [9.17, 15) is 9.59 Å². The first-order valence-electron chi connectivity index (χ1n) is 7.41. The van der Waals surface area contributed by atoms with Gasteiger partial charge in [0.25, 0.3) is 5.56 Å². The fourth-order valence-electron chi connectivity index (χ4n) is 2.84. The molecule has 3 heterocycles. The van der Waals surface area contributed by atoms with E-state index in [1.54, 1.807) is 44.4 Å². The van der Waals surface area contributed by atoms with Crippen LogP contribution in [0.15, 0.2) is 52.7 Å². The van der Waals surface area contributed by atoms with E-state index in [1.807, 2.05) is 6.07 Å². The summed E-state index contributed by atoms with van der Waals surface area (Å²) in [4.78, 5) is 31.8. The molecule has 3 rings (SSSR count). The minimum atomic E-state index is -0.559. The van der Waals surface area contributed by atoms with Crippen LogP contribution in [0, 0.1) is 0 Å². The molecule has 23 heavy (non-hydrogen) atoms. The molecule has 0 fully saturated rings. The molecule has 6 heteroatoms. The number of pyridine rings is 2. The molecule has 6 nitrogen and oxygen atoms in total. The maximum absolute atomic E-state index is 12.5. The van der Waals surface area contributed by atoms with Gasteiger partial charge in [0.15, 0.2) is 0 Å². The third-order valence-electron chi connectivity index (χ3n) is 3.78. The van der Waals surface area contributed by atoms with Crippen molar-refractivity contribution in [1.82, 2.24) is 9.97 Å². The molecule has 1 unspecified atom stereocenters. The Morgan fingerprint density at radius 2 is 2.17 bits per heavy atom. The Balaban J connectivity index is 2.24. The van der Waals surface area contributed by atoms with Crippen LogP contribution in [0.25, 0.3) is 0 Å². The molecule has 2 aromatic heterocycles. The highest BCUT2D eigenvalue weighted by Crippen LogP contribution is 2.39. The SMILES string of the molecule is CCOC(=O)C1=C(C)Nc2cc[nH]c(=O)c2C1c1ccccn1. The molecule has 1 atom stereocenters. The third-order valence-corrected chi connectivity index (χ3v) is 3.78. The summed E-state index contributed by atoms with van der Waals surface area (Å²) < 4.78 is 5.18. The average molecular weight is 311 g/mol. The lowest BCUT2D eigenvalue weighted by Gasteiger charge is -2.28. The predicted molar refractivity (Wildman–Crippen MR) is 86.1 cm³/mol. The molecule has 0 amide bonds. The van der Waals surface area contributed by atoms with Crippen LogP contribution in [0.4, 0.5) is 5.69 Å². The Bertz CT molecular complexity index is 824. The maximum atomic E-state index is 12.5. The lowest BCUT2D eigenvalue weighted by Crippen LogP contribution is -2.30. The number of H-pyrrole nitrogens is 1. The Morgan fingerprint density at radius 3 is 2.87 bits per heavy atom. The van der Waals surface area contributed by atoms with Crippen molar-refractivity contribution in [3.05, 3.63) is 69.5 Å².